The molecule has 2 aromatic carbocycles. The first kappa shape index (κ1) is 21.1. The van der Waals surface area contributed by atoms with Crippen molar-refractivity contribution in [3.63, 3.8) is 0 Å². The number of rotatable bonds is 8. The fourth-order valence-electron chi connectivity index (χ4n) is 2.30. The van der Waals surface area contributed by atoms with Crippen LogP contribution in [0.2, 0.25) is 5.02 Å². The van der Waals surface area contributed by atoms with E-state index in [-0.39, 0.29) is 21.5 Å². The second kappa shape index (κ2) is 9.10. The number of carbonyl (C=O) groups excluding carboxylic acids is 1. The third-order valence-corrected chi connectivity index (χ3v) is 5.55. The molecule has 0 aromatic heterocycles. The number of halogens is 1. The molecule has 0 saturated heterocycles. The van der Waals surface area contributed by atoms with Gasteiger partial charge in [-0.3, -0.25) is 9.52 Å². The molecule has 0 radical (unpaired) electrons. The van der Waals surface area contributed by atoms with Gasteiger partial charge in [0.2, 0.25) is 0 Å². The van der Waals surface area contributed by atoms with Crippen LogP contribution in [0.5, 0.6) is 5.75 Å². The van der Waals surface area contributed by atoms with Gasteiger partial charge in [0, 0.05) is 6.54 Å². The summed E-state index contributed by atoms with van der Waals surface area (Å²) in [5.74, 6) is 0.755. The lowest BCUT2D eigenvalue weighted by Crippen LogP contribution is -2.25. The number of anilines is 1. The third kappa shape index (κ3) is 5.87. The van der Waals surface area contributed by atoms with Gasteiger partial charge in [0.15, 0.2) is 0 Å². The summed E-state index contributed by atoms with van der Waals surface area (Å²) in [4.78, 5) is 12.3. The van der Waals surface area contributed by atoms with Gasteiger partial charge < -0.3 is 10.1 Å². The van der Waals surface area contributed by atoms with E-state index in [2.05, 4.69) is 23.9 Å². The highest BCUT2D eigenvalue weighted by molar-refractivity contribution is 7.92. The molecule has 0 fully saturated rings. The molecular weight excluding hydrogens is 388 g/mol. The number of hydrogen-bond donors (Lipinski definition) is 2. The van der Waals surface area contributed by atoms with E-state index in [4.69, 9.17) is 16.3 Å². The fraction of sp³-hybridized carbons (Fsp3) is 0.316. The Labute approximate surface area is 164 Å². The minimum absolute atomic E-state index is 0.0925. The lowest BCUT2D eigenvalue weighted by Gasteiger charge is -2.11. The van der Waals surface area contributed by atoms with E-state index in [0.717, 1.165) is 6.42 Å². The summed E-state index contributed by atoms with van der Waals surface area (Å²) < 4.78 is 32.4. The Bertz CT molecular complexity index is 896. The zero-order valence-corrected chi connectivity index (χ0v) is 17.0. The van der Waals surface area contributed by atoms with E-state index in [0.29, 0.717) is 23.8 Å². The van der Waals surface area contributed by atoms with Crippen LogP contribution in [-0.4, -0.2) is 28.0 Å². The zero-order valence-electron chi connectivity index (χ0n) is 15.5. The summed E-state index contributed by atoms with van der Waals surface area (Å²) in [6, 6.07) is 10.4. The first-order valence-electron chi connectivity index (χ1n) is 8.47. The molecule has 0 heterocycles. The first-order valence-corrected chi connectivity index (χ1v) is 10.3. The number of methoxy groups -OCH3 is 1. The van der Waals surface area contributed by atoms with Crippen LogP contribution in [0.1, 0.15) is 30.6 Å². The van der Waals surface area contributed by atoms with E-state index in [1.54, 1.807) is 12.1 Å². The van der Waals surface area contributed by atoms with Crippen molar-refractivity contribution in [3.05, 3.63) is 53.1 Å². The molecule has 2 N–H and O–H groups in total. The van der Waals surface area contributed by atoms with Crippen LogP contribution >= 0.6 is 11.6 Å². The lowest BCUT2D eigenvalue weighted by atomic mass is 10.1. The fourth-order valence-corrected chi connectivity index (χ4v) is 3.62. The summed E-state index contributed by atoms with van der Waals surface area (Å²) in [6.07, 6.45) is 0.864. The van der Waals surface area contributed by atoms with Crippen LogP contribution in [0.3, 0.4) is 0 Å². The van der Waals surface area contributed by atoms with Gasteiger partial charge in [-0.25, -0.2) is 8.42 Å². The molecule has 2 rings (SSSR count). The van der Waals surface area contributed by atoms with Crippen molar-refractivity contribution >= 4 is 33.2 Å². The van der Waals surface area contributed by atoms with Gasteiger partial charge in [-0.15, -0.1) is 0 Å². The molecule has 0 unspecified atom stereocenters. The van der Waals surface area contributed by atoms with Crippen LogP contribution in [0, 0.1) is 5.92 Å². The van der Waals surface area contributed by atoms with Crippen molar-refractivity contribution in [2.45, 2.75) is 25.2 Å². The topological polar surface area (TPSA) is 84.5 Å². The Morgan fingerprint density at radius 3 is 2.37 bits per heavy atom. The number of hydrogen-bond acceptors (Lipinski definition) is 4. The second-order valence-corrected chi connectivity index (χ2v) is 8.50. The van der Waals surface area contributed by atoms with E-state index in [1.165, 1.54) is 37.4 Å². The normalized spacial score (nSPS) is 11.3. The number of benzene rings is 2. The zero-order chi connectivity index (χ0) is 20.0. The quantitative estimate of drug-likeness (QED) is 0.690. The van der Waals surface area contributed by atoms with Gasteiger partial charge in [0.25, 0.3) is 15.9 Å². The molecule has 6 nitrogen and oxygen atoms in total. The van der Waals surface area contributed by atoms with Crippen molar-refractivity contribution in [2.24, 2.45) is 5.92 Å². The highest BCUT2D eigenvalue weighted by Gasteiger charge is 2.16. The molecular formula is C19H23ClN2O4S. The molecule has 146 valence electrons. The Hall–Kier alpha value is -2.25. The van der Waals surface area contributed by atoms with Crippen molar-refractivity contribution in [1.29, 1.82) is 0 Å². The Kier molecular flexibility index (Phi) is 7.10. The molecule has 0 aliphatic heterocycles. The SMILES string of the molecule is COc1ccc(S(=O)(=O)Nc2ccc(C(=O)NCCC(C)C)c(Cl)c2)cc1. The van der Waals surface area contributed by atoms with Gasteiger partial charge in [-0.1, -0.05) is 25.4 Å². The van der Waals surface area contributed by atoms with Gasteiger partial charge in [-0.2, -0.15) is 0 Å². The van der Waals surface area contributed by atoms with E-state index in [1.807, 2.05) is 0 Å². The molecule has 8 heteroatoms. The van der Waals surface area contributed by atoms with Gasteiger partial charge in [0.1, 0.15) is 5.75 Å². The monoisotopic (exact) mass is 410 g/mol. The maximum Gasteiger partial charge on any atom is 0.261 e. The molecule has 0 aliphatic rings. The smallest absolute Gasteiger partial charge is 0.261 e. The summed E-state index contributed by atoms with van der Waals surface area (Å²) >= 11 is 6.17. The largest absolute Gasteiger partial charge is 0.497 e. The maximum atomic E-state index is 12.5. The minimum atomic E-state index is -3.78. The van der Waals surface area contributed by atoms with Gasteiger partial charge in [0.05, 0.1) is 28.3 Å². The van der Waals surface area contributed by atoms with E-state index < -0.39 is 10.0 Å². The predicted molar refractivity (Wildman–Crippen MR) is 107 cm³/mol. The number of nitrogens with one attached hydrogen (secondary N) is 2. The van der Waals surface area contributed by atoms with E-state index >= 15 is 0 Å². The highest BCUT2D eigenvalue weighted by Crippen LogP contribution is 2.24. The molecule has 1 amide bonds. The number of carbonyl (C=O) groups is 1. The average Bonchev–Trinajstić information content (AvgIpc) is 2.61. The van der Waals surface area contributed by atoms with Gasteiger partial charge >= 0.3 is 0 Å². The summed E-state index contributed by atoms with van der Waals surface area (Å²) in [6.45, 7) is 4.70. The predicted octanol–water partition coefficient (Wildman–Crippen LogP) is 3.93. The number of ether oxygens (including phenoxy) is 1. The first-order chi connectivity index (χ1) is 12.7. The third-order valence-electron chi connectivity index (χ3n) is 3.84. The van der Waals surface area contributed by atoms with Crippen LogP contribution in [0.25, 0.3) is 0 Å². The second-order valence-electron chi connectivity index (χ2n) is 6.41. The summed E-state index contributed by atoms with van der Waals surface area (Å²) in [7, 11) is -2.27. The summed E-state index contributed by atoms with van der Waals surface area (Å²) in [5, 5.41) is 2.97. The number of amides is 1. The van der Waals surface area contributed by atoms with Crippen LogP contribution < -0.4 is 14.8 Å². The summed E-state index contributed by atoms with van der Waals surface area (Å²) in [5.41, 5.74) is 0.572. The molecule has 27 heavy (non-hydrogen) atoms. The van der Waals surface area contributed by atoms with Crippen LogP contribution in [-0.2, 0) is 10.0 Å². The van der Waals surface area contributed by atoms with Crippen LogP contribution in [0.15, 0.2) is 47.4 Å². The minimum Gasteiger partial charge on any atom is -0.497 e. The molecule has 2 aromatic rings. The average molecular weight is 411 g/mol. The Morgan fingerprint density at radius 2 is 1.81 bits per heavy atom. The maximum absolute atomic E-state index is 12.5. The van der Waals surface area contributed by atoms with Crippen molar-refractivity contribution in [2.75, 3.05) is 18.4 Å². The van der Waals surface area contributed by atoms with Crippen molar-refractivity contribution < 1.29 is 17.9 Å². The molecule has 0 spiro atoms. The van der Waals surface area contributed by atoms with E-state index in [9.17, 15) is 13.2 Å². The lowest BCUT2D eigenvalue weighted by molar-refractivity contribution is 0.0952. The molecule has 0 atom stereocenters. The van der Waals surface area contributed by atoms with Crippen LogP contribution in [0.4, 0.5) is 5.69 Å². The van der Waals surface area contributed by atoms with Gasteiger partial charge in [-0.05, 0) is 54.8 Å². The Balaban J connectivity index is 2.11. The van der Waals surface area contributed by atoms with Crippen molar-refractivity contribution in [1.82, 2.24) is 5.32 Å². The highest BCUT2D eigenvalue weighted by atomic mass is 35.5. The number of sulfonamides is 1. The standard InChI is InChI=1S/C19H23ClN2O4S/c1-13(2)10-11-21-19(23)17-9-4-14(12-18(17)20)22-27(24,25)16-7-5-15(26-3)6-8-16/h4-9,12-13,22H,10-11H2,1-3H3,(H,21,23). The van der Waals surface area contributed by atoms with Crippen molar-refractivity contribution in [3.8, 4) is 5.75 Å². The molecule has 0 bridgehead atoms. The molecule has 0 aliphatic carbocycles. The molecule has 0 saturated carbocycles. The Morgan fingerprint density at radius 1 is 1.15 bits per heavy atom.